The summed E-state index contributed by atoms with van der Waals surface area (Å²) in [6, 6.07) is 8.18. The van der Waals surface area contributed by atoms with E-state index in [0.29, 0.717) is 34.1 Å². The van der Waals surface area contributed by atoms with Crippen LogP contribution in [-0.4, -0.2) is 44.7 Å². The van der Waals surface area contributed by atoms with E-state index in [1.165, 1.54) is 27.2 Å². The number of rotatable bonds is 6. The van der Waals surface area contributed by atoms with Gasteiger partial charge >= 0.3 is 11.9 Å². The number of methoxy groups -OCH3 is 2. The summed E-state index contributed by atoms with van der Waals surface area (Å²) in [7, 11) is 2.99. The lowest BCUT2D eigenvalue weighted by Gasteiger charge is -2.23. The van der Waals surface area contributed by atoms with Gasteiger partial charge < -0.3 is 33.5 Å². The average Bonchev–Trinajstić information content (AvgIpc) is 3.34. The molecule has 0 aliphatic carbocycles. The molecule has 2 aromatic rings. The van der Waals surface area contributed by atoms with Gasteiger partial charge in [0.15, 0.2) is 11.5 Å². The Morgan fingerprint density at radius 3 is 2.35 bits per heavy atom. The zero-order chi connectivity index (χ0) is 22.1. The Kier molecular flexibility index (Phi) is 5.33. The molecular weight excluding hydrogens is 408 g/mol. The maximum Gasteiger partial charge on any atom is 0.338 e. The Labute approximate surface area is 177 Å². The molecule has 4 rings (SSSR count). The van der Waals surface area contributed by atoms with E-state index in [1.54, 1.807) is 24.3 Å². The first-order chi connectivity index (χ1) is 14.9. The number of carbonyl (C=O) groups is 2. The molecule has 9 nitrogen and oxygen atoms in total. The molecule has 0 amide bonds. The summed E-state index contributed by atoms with van der Waals surface area (Å²) in [6.07, 6.45) is 0. The average molecular weight is 428 g/mol. The van der Waals surface area contributed by atoms with Gasteiger partial charge in [0.25, 0.3) is 0 Å². The van der Waals surface area contributed by atoms with Crippen molar-refractivity contribution in [2.24, 2.45) is 0 Å². The lowest BCUT2D eigenvalue weighted by Crippen LogP contribution is -2.15. The van der Waals surface area contributed by atoms with Crippen LogP contribution in [-0.2, 0) is 14.3 Å². The summed E-state index contributed by atoms with van der Waals surface area (Å²) >= 11 is 0. The number of aliphatic hydroxyl groups excluding tert-OH is 1. The minimum Gasteiger partial charge on any atom is -0.508 e. The summed E-state index contributed by atoms with van der Waals surface area (Å²) in [5, 5.41) is 10.5. The maximum atomic E-state index is 12.6. The standard InChI is InChI=1S/C22H20O9/c1-11(23)31-17-8-19-18(29-10-30-19)7-14(17)20(21-15(24)9-28-22(21)25)13-5-4-12(26-2)6-16(13)27-3/h4-8,20,24H,9-10H2,1-3H3. The molecule has 0 bridgehead atoms. The van der Waals surface area contributed by atoms with Crippen molar-refractivity contribution in [2.75, 3.05) is 27.6 Å². The number of hydrogen-bond acceptors (Lipinski definition) is 9. The van der Waals surface area contributed by atoms with Gasteiger partial charge in [-0.2, -0.15) is 0 Å². The van der Waals surface area contributed by atoms with E-state index in [-0.39, 0.29) is 30.5 Å². The van der Waals surface area contributed by atoms with Crippen LogP contribution >= 0.6 is 0 Å². The van der Waals surface area contributed by atoms with Crippen molar-refractivity contribution in [1.29, 1.82) is 0 Å². The van der Waals surface area contributed by atoms with Gasteiger partial charge in [-0.3, -0.25) is 4.79 Å². The number of cyclic esters (lactones) is 1. The van der Waals surface area contributed by atoms with Gasteiger partial charge in [-0.15, -0.1) is 0 Å². The third-order valence-electron chi connectivity index (χ3n) is 4.98. The molecule has 0 aromatic heterocycles. The molecule has 0 saturated carbocycles. The Bertz CT molecular complexity index is 1090. The first kappa shape index (κ1) is 20.4. The fourth-order valence-corrected chi connectivity index (χ4v) is 3.64. The van der Waals surface area contributed by atoms with E-state index < -0.39 is 17.9 Å². The molecule has 9 heteroatoms. The molecule has 1 unspecified atom stereocenters. The second-order valence-electron chi connectivity index (χ2n) is 6.81. The second kappa shape index (κ2) is 8.10. The van der Waals surface area contributed by atoms with Crippen LogP contribution in [0.15, 0.2) is 41.7 Å². The third kappa shape index (κ3) is 3.70. The van der Waals surface area contributed by atoms with Crippen LogP contribution in [0.2, 0.25) is 0 Å². The quantitative estimate of drug-likeness (QED) is 0.548. The highest BCUT2D eigenvalue weighted by Gasteiger charge is 2.38. The minimum atomic E-state index is -0.889. The van der Waals surface area contributed by atoms with Crippen LogP contribution in [0.5, 0.6) is 28.7 Å². The van der Waals surface area contributed by atoms with E-state index >= 15 is 0 Å². The molecule has 0 saturated heterocycles. The van der Waals surface area contributed by atoms with E-state index in [4.69, 9.17) is 28.4 Å². The normalized spacial score (nSPS) is 15.5. The molecule has 1 atom stereocenters. The molecule has 1 N–H and O–H groups in total. The number of aliphatic hydroxyl groups is 1. The van der Waals surface area contributed by atoms with Crippen molar-refractivity contribution in [3.63, 3.8) is 0 Å². The molecular formula is C22H20O9. The fraction of sp³-hybridized carbons (Fsp3) is 0.273. The van der Waals surface area contributed by atoms with Gasteiger partial charge in [-0.25, -0.2) is 4.79 Å². The zero-order valence-electron chi connectivity index (χ0n) is 17.1. The number of carbonyl (C=O) groups excluding carboxylic acids is 2. The van der Waals surface area contributed by atoms with Gasteiger partial charge in [0, 0.05) is 30.2 Å². The topological polar surface area (TPSA) is 110 Å². The SMILES string of the molecule is COc1ccc(C(C2=C(O)COC2=O)c2cc3c(cc2OC(C)=O)OCO3)c(OC)c1. The molecule has 0 fully saturated rings. The van der Waals surface area contributed by atoms with Crippen molar-refractivity contribution in [3.8, 4) is 28.7 Å². The summed E-state index contributed by atoms with van der Waals surface area (Å²) in [4.78, 5) is 24.4. The molecule has 2 aliphatic rings. The molecule has 0 radical (unpaired) electrons. The van der Waals surface area contributed by atoms with Crippen molar-refractivity contribution < 1.29 is 43.1 Å². The Hall–Kier alpha value is -3.88. The molecule has 162 valence electrons. The monoisotopic (exact) mass is 428 g/mol. The van der Waals surface area contributed by atoms with Gasteiger partial charge in [0.2, 0.25) is 6.79 Å². The lowest BCUT2D eigenvalue weighted by atomic mass is 9.83. The number of esters is 2. The van der Waals surface area contributed by atoms with Gasteiger partial charge in [-0.1, -0.05) is 6.07 Å². The Morgan fingerprint density at radius 1 is 1.00 bits per heavy atom. The summed E-state index contributed by atoms with van der Waals surface area (Å²) in [5.74, 6) is -0.464. The van der Waals surface area contributed by atoms with Gasteiger partial charge in [-0.05, 0) is 12.1 Å². The number of fused-ring (bicyclic) bond motifs is 1. The summed E-state index contributed by atoms with van der Waals surface area (Å²) < 4.78 is 32.1. The molecule has 2 aromatic carbocycles. The smallest absolute Gasteiger partial charge is 0.338 e. The van der Waals surface area contributed by atoms with Crippen LogP contribution in [0.25, 0.3) is 0 Å². The first-order valence-electron chi connectivity index (χ1n) is 9.36. The Morgan fingerprint density at radius 2 is 1.74 bits per heavy atom. The van der Waals surface area contributed by atoms with Crippen molar-refractivity contribution >= 4 is 11.9 Å². The summed E-state index contributed by atoms with van der Waals surface area (Å²) in [6.45, 7) is 1.01. The molecule has 2 heterocycles. The maximum absolute atomic E-state index is 12.6. The predicted molar refractivity (Wildman–Crippen MR) is 106 cm³/mol. The van der Waals surface area contributed by atoms with Crippen LogP contribution in [0.4, 0.5) is 0 Å². The van der Waals surface area contributed by atoms with Crippen LogP contribution in [0.1, 0.15) is 24.0 Å². The fourth-order valence-electron chi connectivity index (χ4n) is 3.64. The highest BCUT2D eigenvalue weighted by molar-refractivity contribution is 5.94. The third-order valence-corrected chi connectivity index (χ3v) is 4.98. The van der Waals surface area contributed by atoms with Crippen LogP contribution in [0.3, 0.4) is 0 Å². The summed E-state index contributed by atoms with van der Waals surface area (Å²) in [5.41, 5.74) is 0.926. The highest BCUT2D eigenvalue weighted by atomic mass is 16.7. The van der Waals surface area contributed by atoms with E-state index in [0.717, 1.165) is 0 Å². The highest BCUT2D eigenvalue weighted by Crippen LogP contribution is 2.48. The number of ether oxygens (including phenoxy) is 6. The van der Waals surface area contributed by atoms with E-state index in [2.05, 4.69) is 0 Å². The molecule has 31 heavy (non-hydrogen) atoms. The zero-order valence-corrected chi connectivity index (χ0v) is 17.1. The van der Waals surface area contributed by atoms with Crippen molar-refractivity contribution in [3.05, 3.63) is 52.8 Å². The lowest BCUT2D eigenvalue weighted by molar-refractivity contribution is -0.136. The van der Waals surface area contributed by atoms with Crippen LogP contribution in [0, 0.1) is 0 Å². The van der Waals surface area contributed by atoms with E-state index in [9.17, 15) is 14.7 Å². The van der Waals surface area contributed by atoms with E-state index in [1.807, 2.05) is 0 Å². The molecule has 2 aliphatic heterocycles. The first-order valence-corrected chi connectivity index (χ1v) is 9.36. The van der Waals surface area contributed by atoms with Crippen LogP contribution < -0.4 is 23.7 Å². The number of hydrogen-bond donors (Lipinski definition) is 1. The molecule has 0 spiro atoms. The largest absolute Gasteiger partial charge is 0.508 e. The number of benzene rings is 2. The van der Waals surface area contributed by atoms with Crippen molar-refractivity contribution in [1.82, 2.24) is 0 Å². The van der Waals surface area contributed by atoms with Gasteiger partial charge in [0.05, 0.1) is 25.7 Å². The predicted octanol–water partition coefficient (Wildman–Crippen LogP) is 2.86. The Balaban J connectivity index is 1.98. The second-order valence-corrected chi connectivity index (χ2v) is 6.81. The van der Waals surface area contributed by atoms with Gasteiger partial charge in [0.1, 0.15) is 29.6 Å². The minimum absolute atomic E-state index is 0.00477. The van der Waals surface area contributed by atoms with Crippen molar-refractivity contribution in [2.45, 2.75) is 12.8 Å².